The number of hydrogen-bond acceptors (Lipinski definition) is 2. The number of fused-ring (bicyclic) bond motifs is 1. The lowest BCUT2D eigenvalue weighted by Crippen LogP contribution is -1.86. The maximum absolute atomic E-state index is 11.2. The number of rotatable bonds is 0. The molecule has 1 aliphatic heterocycles. The maximum atomic E-state index is 11.2. The second kappa shape index (κ2) is 2.38. The minimum absolute atomic E-state index is 0.216. The molecule has 0 saturated carbocycles. The summed E-state index contributed by atoms with van der Waals surface area (Å²) >= 11 is 1.41. The first-order chi connectivity index (χ1) is 5.29. The van der Waals surface area contributed by atoms with Gasteiger partial charge >= 0.3 is 0 Å². The molecule has 56 valence electrons. The highest BCUT2D eigenvalue weighted by molar-refractivity contribution is 8.14. The van der Waals surface area contributed by atoms with Crippen LogP contribution < -0.4 is 0 Å². The van der Waals surface area contributed by atoms with Crippen LogP contribution >= 0.6 is 11.8 Å². The summed E-state index contributed by atoms with van der Waals surface area (Å²) in [5.41, 5.74) is 2.08. The van der Waals surface area contributed by atoms with Gasteiger partial charge in [-0.25, -0.2) is 0 Å². The third-order valence-corrected chi connectivity index (χ3v) is 2.94. The Balaban J connectivity index is 2.60. The number of carbonyl (C=O) groups excluding carboxylic acids is 1. The van der Waals surface area contributed by atoms with E-state index in [4.69, 9.17) is 0 Å². The Morgan fingerprint density at radius 1 is 1.36 bits per heavy atom. The predicted molar refractivity (Wildman–Crippen MR) is 46.8 cm³/mol. The summed E-state index contributed by atoms with van der Waals surface area (Å²) in [6.07, 6.45) is 0. The molecule has 1 atom stereocenters. The average Bonchev–Trinajstić information content (AvgIpc) is 2.30. The van der Waals surface area contributed by atoms with Gasteiger partial charge in [0.25, 0.3) is 0 Å². The van der Waals surface area contributed by atoms with E-state index >= 15 is 0 Å². The molecular formula is C9H8OS. The van der Waals surface area contributed by atoms with E-state index in [1.165, 1.54) is 17.3 Å². The minimum atomic E-state index is 0.216. The molecule has 0 bridgehead atoms. The highest BCUT2D eigenvalue weighted by atomic mass is 32.2. The van der Waals surface area contributed by atoms with Gasteiger partial charge in [0.15, 0.2) is 0 Å². The zero-order chi connectivity index (χ0) is 7.84. The van der Waals surface area contributed by atoms with Crippen LogP contribution in [0.2, 0.25) is 0 Å². The quantitative estimate of drug-likeness (QED) is 0.586. The van der Waals surface area contributed by atoms with Crippen molar-refractivity contribution in [3.05, 3.63) is 35.4 Å². The molecule has 0 amide bonds. The standard InChI is InChI=1S/C9H8OS/c1-6-7-4-2-3-5-8(7)9(10)11-6/h2-6H,1H3. The van der Waals surface area contributed by atoms with Crippen molar-refractivity contribution in [2.75, 3.05) is 0 Å². The molecule has 0 spiro atoms. The first-order valence-corrected chi connectivity index (χ1v) is 4.47. The predicted octanol–water partition coefficient (Wildman–Crippen LogP) is 2.63. The van der Waals surface area contributed by atoms with Crippen LogP contribution in [0, 0.1) is 0 Å². The van der Waals surface area contributed by atoms with E-state index in [-0.39, 0.29) is 5.12 Å². The average molecular weight is 164 g/mol. The second-order valence-corrected chi connectivity index (χ2v) is 3.95. The Hall–Kier alpha value is -0.760. The Kier molecular flexibility index (Phi) is 1.50. The Morgan fingerprint density at radius 2 is 2.09 bits per heavy atom. The first-order valence-electron chi connectivity index (χ1n) is 3.59. The van der Waals surface area contributed by atoms with Crippen LogP contribution in [-0.4, -0.2) is 5.12 Å². The number of thioether (sulfide) groups is 1. The van der Waals surface area contributed by atoms with Crippen molar-refractivity contribution in [1.29, 1.82) is 0 Å². The molecule has 1 aliphatic rings. The number of hydrogen-bond donors (Lipinski definition) is 0. The highest BCUT2D eigenvalue weighted by Crippen LogP contribution is 2.40. The van der Waals surface area contributed by atoms with Crippen molar-refractivity contribution in [1.82, 2.24) is 0 Å². The zero-order valence-corrected chi connectivity index (χ0v) is 7.02. The van der Waals surface area contributed by atoms with Gasteiger partial charge in [-0.2, -0.15) is 0 Å². The Labute approximate surface area is 69.8 Å². The molecule has 2 heteroatoms. The van der Waals surface area contributed by atoms with Crippen LogP contribution in [0.4, 0.5) is 0 Å². The molecule has 0 N–H and O–H groups in total. The van der Waals surface area contributed by atoms with Crippen LogP contribution in [0.3, 0.4) is 0 Å². The maximum Gasteiger partial charge on any atom is 0.220 e. The summed E-state index contributed by atoms with van der Waals surface area (Å²) in [6.45, 7) is 2.06. The fraction of sp³-hybridized carbons (Fsp3) is 0.222. The SMILES string of the molecule is CC1SC(=O)c2ccccc21. The van der Waals surface area contributed by atoms with Gasteiger partial charge in [-0.05, 0) is 12.5 Å². The Bertz CT molecular complexity index is 306. The molecule has 0 radical (unpaired) electrons. The molecule has 1 heterocycles. The van der Waals surface area contributed by atoms with E-state index in [2.05, 4.69) is 6.92 Å². The van der Waals surface area contributed by atoms with Gasteiger partial charge in [0.2, 0.25) is 5.12 Å². The van der Waals surface area contributed by atoms with Crippen molar-refractivity contribution in [3.8, 4) is 0 Å². The molecule has 11 heavy (non-hydrogen) atoms. The fourth-order valence-corrected chi connectivity index (χ4v) is 2.29. The minimum Gasteiger partial charge on any atom is -0.282 e. The van der Waals surface area contributed by atoms with Crippen molar-refractivity contribution >= 4 is 16.9 Å². The van der Waals surface area contributed by atoms with Gasteiger partial charge in [-0.1, -0.05) is 36.0 Å². The number of benzene rings is 1. The third-order valence-electron chi connectivity index (χ3n) is 1.90. The van der Waals surface area contributed by atoms with Crippen molar-refractivity contribution in [2.45, 2.75) is 12.2 Å². The highest BCUT2D eigenvalue weighted by Gasteiger charge is 2.25. The summed E-state index contributed by atoms with van der Waals surface area (Å²) in [6, 6.07) is 7.82. The Morgan fingerprint density at radius 3 is 2.82 bits per heavy atom. The smallest absolute Gasteiger partial charge is 0.220 e. The lowest BCUT2D eigenvalue weighted by molar-refractivity contribution is 0.109. The van der Waals surface area contributed by atoms with Gasteiger partial charge in [-0.3, -0.25) is 4.79 Å². The van der Waals surface area contributed by atoms with Crippen molar-refractivity contribution in [2.24, 2.45) is 0 Å². The van der Waals surface area contributed by atoms with Crippen molar-refractivity contribution in [3.63, 3.8) is 0 Å². The summed E-state index contributed by atoms with van der Waals surface area (Å²) in [4.78, 5) is 11.2. The lowest BCUT2D eigenvalue weighted by Gasteiger charge is -1.98. The van der Waals surface area contributed by atoms with E-state index in [9.17, 15) is 4.79 Å². The largest absolute Gasteiger partial charge is 0.282 e. The summed E-state index contributed by atoms with van der Waals surface area (Å²) in [7, 11) is 0. The molecule has 0 aromatic heterocycles. The molecule has 0 fully saturated rings. The molecule has 0 saturated heterocycles. The third kappa shape index (κ3) is 0.979. The van der Waals surface area contributed by atoms with Crippen LogP contribution in [0.1, 0.15) is 28.1 Å². The van der Waals surface area contributed by atoms with Gasteiger partial charge in [0, 0.05) is 10.8 Å². The van der Waals surface area contributed by atoms with E-state index < -0.39 is 0 Å². The van der Waals surface area contributed by atoms with E-state index in [1.807, 2.05) is 24.3 Å². The zero-order valence-electron chi connectivity index (χ0n) is 6.20. The van der Waals surface area contributed by atoms with Gasteiger partial charge < -0.3 is 0 Å². The molecule has 0 aliphatic carbocycles. The normalized spacial score (nSPS) is 21.9. The van der Waals surface area contributed by atoms with Crippen molar-refractivity contribution < 1.29 is 4.79 Å². The van der Waals surface area contributed by atoms with E-state index in [0.717, 1.165) is 5.56 Å². The fourth-order valence-electron chi connectivity index (χ4n) is 1.32. The molecule has 1 aromatic rings. The number of carbonyl (C=O) groups is 1. The molecule has 2 rings (SSSR count). The van der Waals surface area contributed by atoms with E-state index in [0.29, 0.717) is 5.25 Å². The summed E-state index contributed by atoms with van der Waals surface area (Å²) in [5, 5.41) is 0.562. The van der Waals surface area contributed by atoms with Crippen LogP contribution in [0.5, 0.6) is 0 Å². The molecule has 1 aromatic carbocycles. The van der Waals surface area contributed by atoms with Crippen LogP contribution in [0.25, 0.3) is 0 Å². The second-order valence-electron chi connectivity index (χ2n) is 2.63. The van der Waals surface area contributed by atoms with Crippen LogP contribution in [0.15, 0.2) is 24.3 Å². The van der Waals surface area contributed by atoms with Gasteiger partial charge in [0.05, 0.1) is 0 Å². The summed E-state index contributed by atoms with van der Waals surface area (Å²) < 4.78 is 0. The molecular weight excluding hydrogens is 156 g/mol. The monoisotopic (exact) mass is 164 g/mol. The topological polar surface area (TPSA) is 17.1 Å². The summed E-state index contributed by atoms with van der Waals surface area (Å²) in [5.74, 6) is 0. The lowest BCUT2D eigenvalue weighted by atomic mass is 10.1. The first kappa shape index (κ1) is 6.92. The van der Waals surface area contributed by atoms with Gasteiger partial charge in [0.1, 0.15) is 0 Å². The molecule has 1 nitrogen and oxygen atoms in total. The van der Waals surface area contributed by atoms with Crippen LogP contribution in [-0.2, 0) is 0 Å². The van der Waals surface area contributed by atoms with E-state index in [1.54, 1.807) is 0 Å². The van der Waals surface area contributed by atoms with Gasteiger partial charge in [-0.15, -0.1) is 0 Å². The molecule has 1 unspecified atom stereocenters.